The zero-order valence-electron chi connectivity index (χ0n) is 12.7. The largest absolute Gasteiger partial charge is 0.298 e. The van der Waals surface area contributed by atoms with Crippen molar-refractivity contribution in [3.63, 3.8) is 0 Å². The zero-order valence-corrected chi connectivity index (χ0v) is 13.6. The van der Waals surface area contributed by atoms with Crippen molar-refractivity contribution in [2.45, 2.75) is 56.0 Å². The monoisotopic (exact) mass is 316 g/mol. The van der Waals surface area contributed by atoms with E-state index in [1.54, 1.807) is 4.57 Å². The maximum absolute atomic E-state index is 12.7. The number of fused-ring (bicyclic) bond motifs is 1. The van der Waals surface area contributed by atoms with Crippen LogP contribution in [0.1, 0.15) is 39.0 Å². The molecule has 0 spiro atoms. The van der Waals surface area contributed by atoms with Crippen molar-refractivity contribution in [2.24, 2.45) is 0 Å². The minimum Gasteiger partial charge on any atom is -0.298 e. The number of rotatable bonds is 4. The molecule has 22 heavy (non-hydrogen) atoms. The van der Waals surface area contributed by atoms with Gasteiger partial charge >= 0.3 is 0 Å². The molecule has 116 valence electrons. The first-order chi connectivity index (χ1) is 10.7. The van der Waals surface area contributed by atoms with Crippen LogP contribution in [0.25, 0.3) is 10.9 Å². The lowest BCUT2D eigenvalue weighted by molar-refractivity contribution is -0.119. The van der Waals surface area contributed by atoms with Crippen molar-refractivity contribution in [1.82, 2.24) is 9.55 Å². The Labute approximate surface area is 133 Å². The molecule has 1 unspecified atom stereocenters. The van der Waals surface area contributed by atoms with Crippen LogP contribution in [-0.4, -0.2) is 20.6 Å². The molecule has 0 amide bonds. The van der Waals surface area contributed by atoms with E-state index in [9.17, 15) is 9.59 Å². The predicted octanol–water partition coefficient (Wildman–Crippen LogP) is 3.41. The molecule has 4 nitrogen and oxygen atoms in total. The number of benzene rings is 1. The highest BCUT2D eigenvalue weighted by Gasteiger charge is 2.25. The molecule has 0 radical (unpaired) electrons. The standard InChI is InChI=1S/C17H20N2O2S/c1-2-11-19-16(21)12-7-3-4-8-13(12)18-17(19)22-15-10-6-5-9-14(15)20/h3-4,7-8,15H,2,5-6,9-11H2,1H3. The van der Waals surface area contributed by atoms with Crippen LogP contribution in [0, 0.1) is 0 Å². The number of carbonyl (C=O) groups is 1. The number of ketones is 1. The fourth-order valence-corrected chi connectivity index (χ4v) is 4.10. The second-order valence-corrected chi connectivity index (χ2v) is 6.86. The van der Waals surface area contributed by atoms with Crippen LogP contribution in [0.2, 0.25) is 0 Å². The highest BCUT2D eigenvalue weighted by atomic mass is 32.2. The Morgan fingerprint density at radius 2 is 2.09 bits per heavy atom. The third-order valence-electron chi connectivity index (χ3n) is 4.02. The normalized spacial score (nSPS) is 18.8. The van der Waals surface area contributed by atoms with Gasteiger partial charge in [-0.2, -0.15) is 0 Å². The van der Waals surface area contributed by atoms with Crippen molar-refractivity contribution in [3.05, 3.63) is 34.6 Å². The molecule has 1 heterocycles. The van der Waals surface area contributed by atoms with E-state index in [4.69, 9.17) is 0 Å². The molecule has 0 N–H and O–H groups in total. The van der Waals surface area contributed by atoms with Gasteiger partial charge in [-0.1, -0.05) is 37.2 Å². The lowest BCUT2D eigenvalue weighted by atomic mass is 9.99. The predicted molar refractivity (Wildman–Crippen MR) is 89.4 cm³/mol. The lowest BCUT2D eigenvalue weighted by Gasteiger charge is -2.21. The maximum Gasteiger partial charge on any atom is 0.262 e. The summed E-state index contributed by atoms with van der Waals surface area (Å²) in [4.78, 5) is 29.4. The highest BCUT2D eigenvalue weighted by molar-refractivity contribution is 8.00. The van der Waals surface area contributed by atoms with Gasteiger partial charge in [0.15, 0.2) is 5.16 Å². The second kappa shape index (κ2) is 6.65. The van der Waals surface area contributed by atoms with E-state index in [0.29, 0.717) is 34.8 Å². The van der Waals surface area contributed by atoms with Crippen molar-refractivity contribution in [3.8, 4) is 0 Å². The molecular formula is C17H20N2O2S. The van der Waals surface area contributed by atoms with E-state index < -0.39 is 0 Å². The quantitative estimate of drug-likeness (QED) is 0.811. The minimum absolute atomic E-state index is 0.00166. The summed E-state index contributed by atoms with van der Waals surface area (Å²) in [6.45, 7) is 2.68. The van der Waals surface area contributed by atoms with Crippen LogP contribution in [0.15, 0.2) is 34.2 Å². The van der Waals surface area contributed by atoms with E-state index in [1.165, 1.54) is 11.8 Å². The summed E-state index contributed by atoms with van der Waals surface area (Å²) < 4.78 is 1.73. The summed E-state index contributed by atoms with van der Waals surface area (Å²) in [5, 5.41) is 1.28. The van der Waals surface area contributed by atoms with Crippen LogP contribution in [0.4, 0.5) is 0 Å². The third kappa shape index (κ3) is 2.95. The van der Waals surface area contributed by atoms with Gasteiger partial charge in [0.05, 0.1) is 16.2 Å². The Hall–Kier alpha value is -1.62. The number of nitrogens with zero attached hydrogens (tertiary/aromatic N) is 2. The van der Waals surface area contributed by atoms with Gasteiger partial charge in [-0.25, -0.2) is 4.98 Å². The molecule has 1 saturated carbocycles. The third-order valence-corrected chi connectivity index (χ3v) is 5.33. The van der Waals surface area contributed by atoms with Gasteiger partial charge in [-0.3, -0.25) is 14.2 Å². The molecule has 0 saturated heterocycles. The van der Waals surface area contributed by atoms with E-state index in [1.807, 2.05) is 31.2 Å². The van der Waals surface area contributed by atoms with Gasteiger partial charge in [0.2, 0.25) is 0 Å². The zero-order chi connectivity index (χ0) is 15.5. The molecule has 0 aliphatic heterocycles. The fourth-order valence-electron chi connectivity index (χ4n) is 2.86. The summed E-state index contributed by atoms with van der Waals surface area (Å²) in [5.41, 5.74) is 0.712. The smallest absolute Gasteiger partial charge is 0.262 e. The minimum atomic E-state index is -0.0510. The van der Waals surface area contributed by atoms with E-state index in [2.05, 4.69) is 4.98 Å². The summed E-state index contributed by atoms with van der Waals surface area (Å²) in [6, 6.07) is 7.43. The SMILES string of the molecule is CCCn1c(SC2CCCCC2=O)nc2ccccc2c1=O. The number of Topliss-reactive ketones (excluding diaryl/α,β-unsaturated/α-hetero) is 1. The molecule has 1 aliphatic rings. The first-order valence-corrected chi connectivity index (χ1v) is 8.77. The van der Waals surface area contributed by atoms with Crippen molar-refractivity contribution in [1.29, 1.82) is 0 Å². The summed E-state index contributed by atoms with van der Waals surface area (Å²) in [5.74, 6) is 0.293. The van der Waals surface area contributed by atoms with Gasteiger partial charge in [-0.15, -0.1) is 0 Å². The van der Waals surface area contributed by atoms with E-state index in [0.717, 1.165) is 25.7 Å². The number of hydrogen-bond donors (Lipinski definition) is 0. The van der Waals surface area contributed by atoms with Gasteiger partial charge in [0, 0.05) is 13.0 Å². The van der Waals surface area contributed by atoms with Gasteiger partial charge in [-0.05, 0) is 31.4 Å². The highest BCUT2D eigenvalue weighted by Crippen LogP contribution is 2.30. The molecule has 0 bridgehead atoms. The Morgan fingerprint density at radius 3 is 2.86 bits per heavy atom. The Kier molecular flexibility index (Phi) is 4.62. The average molecular weight is 316 g/mol. The Balaban J connectivity index is 2.04. The number of carbonyl (C=O) groups excluding carboxylic acids is 1. The van der Waals surface area contributed by atoms with Crippen LogP contribution >= 0.6 is 11.8 Å². The lowest BCUT2D eigenvalue weighted by Crippen LogP contribution is -2.27. The molecule has 1 atom stereocenters. The summed E-state index contributed by atoms with van der Waals surface area (Å²) >= 11 is 1.47. The van der Waals surface area contributed by atoms with Gasteiger partial charge in [0.1, 0.15) is 5.78 Å². The van der Waals surface area contributed by atoms with Crippen molar-refractivity contribution < 1.29 is 4.79 Å². The van der Waals surface area contributed by atoms with Crippen LogP contribution in [0.5, 0.6) is 0 Å². The number of hydrogen-bond acceptors (Lipinski definition) is 4. The summed E-state index contributed by atoms with van der Waals surface area (Å²) in [7, 11) is 0. The average Bonchev–Trinajstić information content (AvgIpc) is 2.53. The number of aromatic nitrogens is 2. The van der Waals surface area contributed by atoms with Crippen LogP contribution < -0.4 is 5.56 Å². The molecular weight excluding hydrogens is 296 g/mol. The molecule has 1 aromatic heterocycles. The molecule has 3 rings (SSSR count). The Bertz CT molecular complexity index is 754. The molecule has 5 heteroatoms. The first-order valence-electron chi connectivity index (χ1n) is 7.89. The number of para-hydroxylation sites is 1. The van der Waals surface area contributed by atoms with Gasteiger partial charge < -0.3 is 0 Å². The molecule has 2 aromatic rings. The maximum atomic E-state index is 12.7. The van der Waals surface area contributed by atoms with Crippen molar-refractivity contribution >= 4 is 28.4 Å². The molecule has 1 fully saturated rings. The first kappa shape index (κ1) is 15.3. The van der Waals surface area contributed by atoms with Gasteiger partial charge in [0.25, 0.3) is 5.56 Å². The van der Waals surface area contributed by atoms with E-state index in [-0.39, 0.29) is 10.8 Å². The second-order valence-electron chi connectivity index (χ2n) is 5.69. The van der Waals surface area contributed by atoms with Crippen LogP contribution in [-0.2, 0) is 11.3 Å². The van der Waals surface area contributed by atoms with E-state index >= 15 is 0 Å². The topological polar surface area (TPSA) is 52.0 Å². The van der Waals surface area contributed by atoms with Crippen LogP contribution in [0.3, 0.4) is 0 Å². The fraction of sp³-hybridized carbons (Fsp3) is 0.471. The molecule has 1 aromatic carbocycles. The number of thioether (sulfide) groups is 1. The molecule has 1 aliphatic carbocycles. The van der Waals surface area contributed by atoms with Crippen molar-refractivity contribution in [2.75, 3.05) is 0 Å². The Morgan fingerprint density at radius 1 is 1.27 bits per heavy atom. The summed E-state index contributed by atoms with van der Waals surface area (Å²) in [6.07, 6.45) is 4.48.